The molecule has 1 aromatic heterocycles. The van der Waals surface area contributed by atoms with Gasteiger partial charge in [0.2, 0.25) is 0 Å². The van der Waals surface area contributed by atoms with Crippen LogP contribution in [0.2, 0.25) is 0 Å². The summed E-state index contributed by atoms with van der Waals surface area (Å²) in [5, 5.41) is 9.11. The zero-order chi connectivity index (χ0) is 14.7. The summed E-state index contributed by atoms with van der Waals surface area (Å²) in [6, 6.07) is 5.65. The predicted octanol–water partition coefficient (Wildman–Crippen LogP) is 3.10. The number of halogens is 1. The monoisotopic (exact) mass is 338 g/mol. The normalized spacial score (nSPS) is 12.2. The van der Waals surface area contributed by atoms with Crippen LogP contribution in [0.5, 0.6) is 5.75 Å². The molecule has 0 fully saturated rings. The minimum Gasteiger partial charge on any atom is -0.496 e. The minimum atomic E-state index is -0.865. The molecule has 1 atom stereocenters. The van der Waals surface area contributed by atoms with Gasteiger partial charge in [-0.05, 0) is 40.0 Å². The SMILES string of the molecule is COc1ccc(C(CC(=O)O)c2ncc(Br)[nH]2)cc1C. The number of aromatic nitrogens is 2. The van der Waals surface area contributed by atoms with Gasteiger partial charge < -0.3 is 14.8 Å². The van der Waals surface area contributed by atoms with E-state index in [0.29, 0.717) is 5.82 Å². The quantitative estimate of drug-likeness (QED) is 0.878. The number of rotatable bonds is 5. The van der Waals surface area contributed by atoms with Gasteiger partial charge in [0.25, 0.3) is 0 Å². The molecule has 6 heteroatoms. The van der Waals surface area contributed by atoms with Gasteiger partial charge in [-0.25, -0.2) is 4.98 Å². The van der Waals surface area contributed by atoms with Crippen molar-refractivity contribution in [3.63, 3.8) is 0 Å². The number of aromatic amines is 1. The van der Waals surface area contributed by atoms with Crippen LogP contribution >= 0.6 is 15.9 Å². The molecule has 0 amide bonds. The summed E-state index contributed by atoms with van der Waals surface area (Å²) < 4.78 is 5.95. The van der Waals surface area contributed by atoms with Crippen LogP contribution in [0.1, 0.15) is 29.3 Å². The Morgan fingerprint density at radius 2 is 2.30 bits per heavy atom. The van der Waals surface area contributed by atoms with Crippen LogP contribution in [0.3, 0.4) is 0 Å². The molecular weight excluding hydrogens is 324 g/mol. The topological polar surface area (TPSA) is 75.2 Å². The molecule has 2 rings (SSSR count). The maximum atomic E-state index is 11.1. The molecule has 0 aliphatic rings. The second-order valence-electron chi connectivity index (χ2n) is 4.50. The van der Waals surface area contributed by atoms with E-state index < -0.39 is 5.97 Å². The summed E-state index contributed by atoms with van der Waals surface area (Å²) in [6.07, 6.45) is 1.60. The lowest BCUT2D eigenvalue weighted by Gasteiger charge is -2.15. The highest BCUT2D eigenvalue weighted by molar-refractivity contribution is 9.10. The summed E-state index contributed by atoms with van der Waals surface area (Å²) in [5.41, 5.74) is 1.86. The Labute approximate surface area is 125 Å². The van der Waals surface area contributed by atoms with E-state index in [0.717, 1.165) is 21.5 Å². The zero-order valence-electron chi connectivity index (χ0n) is 11.2. The molecule has 0 saturated heterocycles. The van der Waals surface area contributed by atoms with Crippen molar-refractivity contribution in [2.75, 3.05) is 7.11 Å². The van der Waals surface area contributed by atoms with Gasteiger partial charge in [-0.15, -0.1) is 0 Å². The fraction of sp³-hybridized carbons (Fsp3) is 0.286. The molecule has 0 aliphatic heterocycles. The molecule has 1 unspecified atom stereocenters. The first kappa shape index (κ1) is 14.6. The van der Waals surface area contributed by atoms with Crippen LogP contribution < -0.4 is 4.74 Å². The molecular formula is C14H15BrN2O3. The first-order valence-electron chi connectivity index (χ1n) is 6.08. The number of aryl methyl sites for hydroxylation is 1. The van der Waals surface area contributed by atoms with Crippen molar-refractivity contribution < 1.29 is 14.6 Å². The fourth-order valence-electron chi connectivity index (χ4n) is 2.16. The summed E-state index contributed by atoms with van der Waals surface area (Å²) in [4.78, 5) is 18.4. The smallest absolute Gasteiger partial charge is 0.304 e. The van der Waals surface area contributed by atoms with Crippen LogP contribution in [-0.4, -0.2) is 28.2 Å². The number of methoxy groups -OCH3 is 1. The van der Waals surface area contributed by atoms with Crippen LogP contribution in [0.4, 0.5) is 0 Å². The summed E-state index contributed by atoms with van der Waals surface area (Å²) in [7, 11) is 1.61. The highest BCUT2D eigenvalue weighted by Gasteiger charge is 2.21. The number of hydrogen-bond donors (Lipinski definition) is 2. The average Bonchev–Trinajstić information content (AvgIpc) is 2.82. The largest absolute Gasteiger partial charge is 0.496 e. The van der Waals surface area contributed by atoms with Crippen LogP contribution in [-0.2, 0) is 4.79 Å². The molecule has 5 nitrogen and oxygen atoms in total. The maximum Gasteiger partial charge on any atom is 0.304 e. The first-order chi connectivity index (χ1) is 9.51. The summed E-state index contributed by atoms with van der Waals surface area (Å²) in [6.45, 7) is 1.93. The number of carbonyl (C=O) groups is 1. The van der Waals surface area contributed by atoms with Gasteiger partial charge in [0.05, 0.1) is 25.6 Å². The second kappa shape index (κ2) is 6.09. The molecule has 0 radical (unpaired) electrons. The van der Waals surface area contributed by atoms with Gasteiger partial charge in [0.1, 0.15) is 16.2 Å². The van der Waals surface area contributed by atoms with E-state index in [4.69, 9.17) is 9.84 Å². The maximum absolute atomic E-state index is 11.1. The van der Waals surface area contributed by atoms with Crippen LogP contribution in [0.15, 0.2) is 29.0 Å². The van der Waals surface area contributed by atoms with E-state index in [1.807, 2.05) is 25.1 Å². The summed E-state index contributed by atoms with van der Waals surface area (Å²) in [5.74, 6) is 0.228. The highest BCUT2D eigenvalue weighted by atomic mass is 79.9. The Bertz CT molecular complexity index is 625. The number of carboxylic acid groups (broad SMARTS) is 1. The van der Waals surface area contributed by atoms with Crippen molar-refractivity contribution in [2.45, 2.75) is 19.3 Å². The molecule has 1 heterocycles. The molecule has 0 bridgehead atoms. The third-order valence-corrected chi connectivity index (χ3v) is 3.50. The number of H-pyrrole nitrogens is 1. The van der Waals surface area contributed by atoms with Gasteiger partial charge in [0, 0.05) is 0 Å². The number of benzene rings is 1. The molecule has 0 spiro atoms. The number of nitrogens with one attached hydrogen (secondary N) is 1. The fourth-order valence-corrected chi connectivity index (χ4v) is 2.46. The van der Waals surface area contributed by atoms with Crippen molar-refractivity contribution in [1.29, 1.82) is 0 Å². The van der Waals surface area contributed by atoms with Gasteiger partial charge >= 0.3 is 5.97 Å². The molecule has 0 aliphatic carbocycles. The second-order valence-corrected chi connectivity index (χ2v) is 5.35. The number of nitrogens with zero attached hydrogens (tertiary/aromatic N) is 1. The van der Waals surface area contributed by atoms with Gasteiger partial charge in [-0.1, -0.05) is 12.1 Å². The summed E-state index contributed by atoms with van der Waals surface area (Å²) >= 11 is 3.29. The number of carboxylic acids is 1. The van der Waals surface area contributed by atoms with Crippen molar-refractivity contribution in [3.05, 3.63) is 46.0 Å². The van der Waals surface area contributed by atoms with Crippen LogP contribution in [0.25, 0.3) is 0 Å². The molecule has 20 heavy (non-hydrogen) atoms. The van der Waals surface area contributed by atoms with Crippen molar-refractivity contribution in [3.8, 4) is 5.75 Å². The zero-order valence-corrected chi connectivity index (χ0v) is 12.8. The Morgan fingerprint density at radius 1 is 1.55 bits per heavy atom. The van der Waals surface area contributed by atoms with Crippen molar-refractivity contribution >= 4 is 21.9 Å². The molecule has 106 valence electrons. The Kier molecular flexibility index (Phi) is 4.44. The van der Waals surface area contributed by atoms with Crippen LogP contribution in [0, 0.1) is 6.92 Å². The molecule has 1 aromatic carbocycles. The highest BCUT2D eigenvalue weighted by Crippen LogP contribution is 2.30. The van der Waals surface area contributed by atoms with Crippen molar-refractivity contribution in [1.82, 2.24) is 9.97 Å². The minimum absolute atomic E-state index is 0.0221. The van der Waals surface area contributed by atoms with E-state index >= 15 is 0 Å². The van der Waals surface area contributed by atoms with Gasteiger partial charge in [0.15, 0.2) is 0 Å². The molecule has 2 N–H and O–H groups in total. The average molecular weight is 339 g/mol. The lowest BCUT2D eigenvalue weighted by Crippen LogP contribution is -2.10. The Balaban J connectivity index is 2.40. The lowest BCUT2D eigenvalue weighted by molar-refractivity contribution is -0.137. The number of hydrogen-bond acceptors (Lipinski definition) is 3. The third kappa shape index (κ3) is 3.19. The van der Waals surface area contributed by atoms with E-state index in [1.165, 1.54) is 0 Å². The van der Waals surface area contributed by atoms with E-state index in [2.05, 4.69) is 25.9 Å². The van der Waals surface area contributed by atoms with E-state index in [1.54, 1.807) is 13.3 Å². The standard InChI is InChI=1S/C14H15BrN2O3/c1-8-5-9(3-4-11(8)20-2)10(6-13(18)19)14-16-7-12(15)17-14/h3-5,7,10H,6H2,1-2H3,(H,16,17)(H,18,19). The molecule has 2 aromatic rings. The van der Waals surface area contributed by atoms with Gasteiger partial charge in [-0.3, -0.25) is 4.79 Å². The first-order valence-corrected chi connectivity index (χ1v) is 6.87. The Hall–Kier alpha value is -1.82. The number of aliphatic carboxylic acids is 1. The lowest BCUT2D eigenvalue weighted by atomic mass is 9.93. The number of imidazole rings is 1. The number of ether oxygens (including phenoxy) is 1. The van der Waals surface area contributed by atoms with Gasteiger partial charge in [-0.2, -0.15) is 0 Å². The van der Waals surface area contributed by atoms with E-state index in [9.17, 15) is 4.79 Å². The van der Waals surface area contributed by atoms with Crippen molar-refractivity contribution in [2.24, 2.45) is 0 Å². The Morgan fingerprint density at radius 3 is 2.80 bits per heavy atom. The predicted molar refractivity (Wildman–Crippen MR) is 78.1 cm³/mol. The third-order valence-electron chi connectivity index (χ3n) is 3.09. The van der Waals surface area contributed by atoms with E-state index in [-0.39, 0.29) is 12.3 Å². The molecule has 0 saturated carbocycles.